The monoisotopic (exact) mass is 439 g/mol. The molecule has 0 aliphatic heterocycles. The summed E-state index contributed by atoms with van der Waals surface area (Å²) in [6.07, 6.45) is 12.3. The van der Waals surface area contributed by atoms with Crippen LogP contribution in [0.5, 0.6) is 11.5 Å². The second kappa shape index (κ2) is 11.0. The minimum absolute atomic E-state index is 0.108. The summed E-state index contributed by atoms with van der Waals surface area (Å²) in [7, 11) is 0. The summed E-state index contributed by atoms with van der Waals surface area (Å²) in [5.41, 5.74) is 3.33. The molecule has 0 bridgehead atoms. The number of H-pyrrole nitrogens is 1. The van der Waals surface area contributed by atoms with Gasteiger partial charge in [-0.25, -0.2) is 4.98 Å². The molecule has 4 heteroatoms. The Labute approximate surface area is 197 Å². The Morgan fingerprint density at radius 2 is 1.55 bits per heavy atom. The van der Waals surface area contributed by atoms with Gasteiger partial charge in [-0.1, -0.05) is 69.9 Å². The highest BCUT2D eigenvalue weighted by molar-refractivity contribution is 5.57. The Balaban J connectivity index is 1.69. The topological polar surface area (TPSA) is 50.8 Å². The fraction of sp³-hybridized carbons (Fsp3) is 0.310. The molecule has 0 spiro atoms. The molecular weight excluding hydrogens is 406 g/mol. The number of unbranched alkanes of at least 4 members (excludes halogenated alkanes) is 2. The maximum absolute atomic E-state index is 6.34. The van der Waals surface area contributed by atoms with Crippen molar-refractivity contribution >= 4 is 0 Å². The SMILES string of the molecule is CCCCC(CCCC)(c1cccc(Oc2cccc(-c3ncc[nH]3)c2)c1)c1ccccn1. The van der Waals surface area contributed by atoms with Crippen LogP contribution in [0.4, 0.5) is 0 Å². The number of imidazole rings is 1. The van der Waals surface area contributed by atoms with Crippen molar-refractivity contribution in [3.05, 3.63) is 96.6 Å². The van der Waals surface area contributed by atoms with Gasteiger partial charge in [0.05, 0.1) is 5.69 Å². The van der Waals surface area contributed by atoms with Crippen LogP contribution in [-0.4, -0.2) is 15.0 Å². The third-order valence-electron chi connectivity index (χ3n) is 6.30. The van der Waals surface area contributed by atoms with Crippen LogP contribution >= 0.6 is 0 Å². The van der Waals surface area contributed by atoms with Crippen molar-refractivity contribution < 1.29 is 4.74 Å². The molecule has 170 valence electrons. The van der Waals surface area contributed by atoms with Gasteiger partial charge in [-0.15, -0.1) is 0 Å². The van der Waals surface area contributed by atoms with Crippen molar-refractivity contribution in [2.45, 2.75) is 57.8 Å². The first kappa shape index (κ1) is 22.8. The molecule has 0 radical (unpaired) electrons. The molecule has 0 saturated heterocycles. The molecule has 0 atom stereocenters. The van der Waals surface area contributed by atoms with Crippen LogP contribution in [0.15, 0.2) is 85.3 Å². The van der Waals surface area contributed by atoms with Crippen LogP contribution in [-0.2, 0) is 5.41 Å². The van der Waals surface area contributed by atoms with E-state index in [1.165, 1.54) is 5.56 Å². The molecule has 4 nitrogen and oxygen atoms in total. The molecule has 0 fully saturated rings. The standard InChI is InChI=1S/C29H33N3O/c1-3-5-16-29(17-6-4-2,27-15-7-8-18-30-27)24-12-10-14-26(22-24)33-25-13-9-11-23(21-25)28-31-19-20-32-28/h7-15,18-22H,3-6,16-17H2,1-2H3,(H,31,32). The number of hydrogen-bond donors (Lipinski definition) is 1. The van der Waals surface area contributed by atoms with Crippen molar-refractivity contribution in [1.29, 1.82) is 0 Å². The predicted molar refractivity (Wildman–Crippen MR) is 135 cm³/mol. The zero-order valence-electron chi connectivity index (χ0n) is 19.6. The van der Waals surface area contributed by atoms with Crippen LogP contribution in [0.25, 0.3) is 11.4 Å². The van der Waals surface area contributed by atoms with Gasteiger partial charge in [-0.05, 0) is 54.8 Å². The molecule has 0 aliphatic carbocycles. The van der Waals surface area contributed by atoms with Crippen molar-refractivity contribution in [1.82, 2.24) is 15.0 Å². The lowest BCUT2D eigenvalue weighted by Gasteiger charge is -2.34. The van der Waals surface area contributed by atoms with Crippen molar-refractivity contribution in [3.63, 3.8) is 0 Å². The van der Waals surface area contributed by atoms with Crippen LogP contribution in [0.2, 0.25) is 0 Å². The summed E-state index contributed by atoms with van der Waals surface area (Å²) in [5.74, 6) is 2.48. The first-order valence-electron chi connectivity index (χ1n) is 12.0. The normalized spacial score (nSPS) is 11.5. The fourth-order valence-electron chi connectivity index (χ4n) is 4.54. The highest BCUT2D eigenvalue weighted by Gasteiger charge is 2.34. The van der Waals surface area contributed by atoms with Crippen molar-refractivity contribution in [3.8, 4) is 22.9 Å². The van der Waals surface area contributed by atoms with E-state index in [0.717, 1.165) is 67.1 Å². The third-order valence-corrected chi connectivity index (χ3v) is 6.30. The molecule has 33 heavy (non-hydrogen) atoms. The second-order valence-corrected chi connectivity index (χ2v) is 8.60. The summed E-state index contributed by atoms with van der Waals surface area (Å²) in [5, 5.41) is 0. The van der Waals surface area contributed by atoms with Gasteiger partial charge in [0.15, 0.2) is 0 Å². The highest BCUT2D eigenvalue weighted by atomic mass is 16.5. The average molecular weight is 440 g/mol. The summed E-state index contributed by atoms with van der Waals surface area (Å²) < 4.78 is 6.34. The van der Waals surface area contributed by atoms with E-state index in [4.69, 9.17) is 9.72 Å². The van der Waals surface area contributed by atoms with E-state index in [-0.39, 0.29) is 5.41 Å². The first-order chi connectivity index (χ1) is 16.2. The zero-order valence-corrected chi connectivity index (χ0v) is 19.6. The molecule has 0 amide bonds. The van der Waals surface area contributed by atoms with Gasteiger partial charge >= 0.3 is 0 Å². The number of hydrogen-bond acceptors (Lipinski definition) is 3. The predicted octanol–water partition coefficient (Wildman–Crippen LogP) is 7.93. The largest absolute Gasteiger partial charge is 0.457 e. The number of benzene rings is 2. The van der Waals surface area contributed by atoms with E-state index in [0.29, 0.717) is 0 Å². The Kier molecular flexibility index (Phi) is 7.56. The lowest BCUT2D eigenvalue weighted by molar-refractivity contribution is 0.393. The Morgan fingerprint density at radius 1 is 0.788 bits per heavy atom. The molecule has 2 heterocycles. The Hall–Kier alpha value is -3.40. The smallest absolute Gasteiger partial charge is 0.137 e. The Bertz CT molecular complexity index is 1110. The van der Waals surface area contributed by atoms with E-state index < -0.39 is 0 Å². The quantitative estimate of drug-likeness (QED) is 0.258. The second-order valence-electron chi connectivity index (χ2n) is 8.60. The van der Waals surface area contributed by atoms with Crippen LogP contribution in [0.3, 0.4) is 0 Å². The van der Waals surface area contributed by atoms with E-state index in [1.807, 2.05) is 48.8 Å². The van der Waals surface area contributed by atoms with Gasteiger partial charge in [0.25, 0.3) is 0 Å². The lowest BCUT2D eigenvalue weighted by Crippen LogP contribution is -2.29. The molecule has 0 saturated carbocycles. The van der Waals surface area contributed by atoms with Gasteiger partial charge in [0.1, 0.15) is 17.3 Å². The van der Waals surface area contributed by atoms with E-state index in [2.05, 4.69) is 54.1 Å². The van der Waals surface area contributed by atoms with Gasteiger partial charge in [0, 0.05) is 29.6 Å². The highest BCUT2D eigenvalue weighted by Crippen LogP contribution is 2.42. The zero-order chi connectivity index (χ0) is 22.9. The van der Waals surface area contributed by atoms with Crippen LogP contribution in [0.1, 0.15) is 63.6 Å². The fourth-order valence-corrected chi connectivity index (χ4v) is 4.54. The molecule has 2 aromatic carbocycles. The molecule has 4 aromatic rings. The molecule has 4 rings (SSSR count). The number of aromatic amines is 1. The van der Waals surface area contributed by atoms with E-state index >= 15 is 0 Å². The number of nitrogens with zero attached hydrogens (tertiary/aromatic N) is 2. The Morgan fingerprint density at radius 3 is 2.21 bits per heavy atom. The minimum Gasteiger partial charge on any atom is -0.457 e. The number of rotatable bonds is 11. The van der Waals surface area contributed by atoms with Gasteiger partial charge < -0.3 is 9.72 Å². The van der Waals surface area contributed by atoms with Gasteiger partial charge in [-0.3, -0.25) is 4.98 Å². The number of nitrogens with one attached hydrogen (secondary N) is 1. The van der Waals surface area contributed by atoms with Crippen LogP contribution < -0.4 is 4.74 Å². The number of ether oxygens (including phenoxy) is 1. The number of aromatic nitrogens is 3. The maximum Gasteiger partial charge on any atom is 0.137 e. The molecule has 0 aliphatic rings. The minimum atomic E-state index is -0.108. The summed E-state index contributed by atoms with van der Waals surface area (Å²) in [4.78, 5) is 12.3. The maximum atomic E-state index is 6.34. The average Bonchev–Trinajstić information content (AvgIpc) is 3.41. The lowest BCUT2D eigenvalue weighted by atomic mass is 9.70. The molecule has 1 N–H and O–H groups in total. The third kappa shape index (κ3) is 5.33. The summed E-state index contributed by atoms with van der Waals surface area (Å²) in [6.45, 7) is 4.52. The van der Waals surface area contributed by atoms with E-state index in [9.17, 15) is 0 Å². The van der Waals surface area contributed by atoms with E-state index in [1.54, 1.807) is 6.20 Å². The summed E-state index contributed by atoms with van der Waals surface area (Å²) >= 11 is 0. The van der Waals surface area contributed by atoms with Crippen molar-refractivity contribution in [2.75, 3.05) is 0 Å². The number of pyridine rings is 1. The first-order valence-corrected chi connectivity index (χ1v) is 12.0. The summed E-state index contributed by atoms with van der Waals surface area (Å²) in [6, 6.07) is 22.9. The molecule has 0 unspecified atom stereocenters. The van der Waals surface area contributed by atoms with Gasteiger partial charge in [0.2, 0.25) is 0 Å². The van der Waals surface area contributed by atoms with Crippen molar-refractivity contribution in [2.24, 2.45) is 0 Å². The molecular formula is C29H33N3O. The van der Waals surface area contributed by atoms with Crippen LogP contribution in [0, 0.1) is 0 Å². The van der Waals surface area contributed by atoms with Gasteiger partial charge in [-0.2, -0.15) is 0 Å². The molecule has 2 aromatic heterocycles.